The number of carbonyl (C=O) groups excluding carboxylic acids is 3. The molecule has 4 rings (SSSR count). The Morgan fingerprint density at radius 3 is 2.30 bits per heavy atom. The lowest BCUT2D eigenvalue weighted by Crippen LogP contribution is -2.63. The highest BCUT2D eigenvalue weighted by Gasteiger charge is 2.63. The molecule has 7 N–H and O–H groups in total. The Kier molecular flexibility index (Phi) is 7.32. The Labute approximate surface area is 233 Å². The molecule has 1 aromatic carbocycles. The average Bonchev–Trinajstić information content (AvgIpc) is 2.81. The van der Waals surface area contributed by atoms with Gasteiger partial charge in [0.25, 0.3) is 5.91 Å². The molecule has 0 saturated carbocycles. The number of aliphatic hydroxyl groups is 3. The molecule has 0 heterocycles. The van der Waals surface area contributed by atoms with E-state index in [0.29, 0.717) is 24.2 Å². The molecule has 40 heavy (non-hydrogen) atoms. The Morgan fingerprint density at radius 1 is 1.15 bits per heavy atom. The van der Waals surface area contributed by atoms with Crippen LogP contribution < -0.4 is 16.0 Å². The van der Waals surface area contributed by atoms with Crippen molar-refractivity contribution < 1.29 is 34.8 Å². The van der Waals surface area contributed by atoms with Gasteiger partial charge in [-0.2, -0.15) is 0 Å². The molecular formula is C29H40N4O7. The van der Waals surface area contributed by atoms with Gasteiger partial charge in [0.2, 0.25) is 5.78 Å². The maximum Gasteiger partial charge on any atom is 0.255 e. The van der Waals surface area contributed by atoms with Gasteiger partial charge in [-0.15, -0.1) is 0 Å². The minimum Gasteiger partial charge on any atom is -0.510 e. The fourth-order valence-corrected chi connectivity index (χ4v) is 6.46. The molecule has 0 spiro atoms. The van der Waals surface area contributed by atoms with Crippen molar-refractivity contribution in [2.45, 2.75) is 51.8 Å². The third-order valence-electron chi connectivity index (χ3n) is 8.23. The van der Waals surface area contributed by atoms with Gasteiger partial charge in [-0.25, -0.2) is 0 Å². The molecule has 218 valence electrons. The fourth-order valence-electron chi connectivity index (χ4n) is 6.46. The summed E-state index contributed by atoms with van der Waals surface area (Å²) in [6.07, 6.45) is 0.291. The summed E-state index contributed by atoms with van der Waals surface area (Å²) >= 11 is 0. The van der Waals surface area contributed by atoms with Crippen LogP contribution >= 0.6 is 0 Å². The third kappa shape index (κ3) is 4.46. The van der Waals surface area contributed by atoms with Crippen molar-refractivity contribution in [3.63, 3.8) is 0 Å². The molecule has 3 aliphatic rings. The Balaban J connectivity index is 1.90. The Hall–Kier alpha value is -3.41. The number of fused-ring (bicyclic) bond motifs is 3. The molecule has 4 atom stereocenters. The lowest BCUT2D eigenvalue weighted by atomic mass is 9.58. The number of allylic oxidation sites excluding steroid dienone is 1. The van der Waals surface area contributed by atoms with Crippen LogP contribution in [0.2, 0.25) is 0 Å². The number of anilines is 1. The lowest BCUT2D eigenvalue weighted by Gasteiger charge is -2.50. The number of Topliss-reactive ketones (excluding diaryl/α,β-unsaturated/α-hetero) is 2. The number of aromatic hydroxyl groups is 1. The van der Waals surface area contributed by atoms with Gasteiger partial charge in [0, 0.05) is 49.9 Å². The van der Waals surface area contributed by atoms with Crippen molar-refractivity contribution in [2.75, 3.05) is 39.6 Å². The van der Waals surface area contributed by atoms with Crippen molar-refractivity contribution >= 4 is 23.2 Å². The highest BCUT2D eigenvalue weighted by Crippen LogP contribution is 2.53. The van der Waals surface area contributed by atoms with E-state index in [0.717, 1.165) is 5.69 Å². The highest BCUT2D eigenvalue weighted by molar-refractivity contribution is 6.24. The maximum absolute atomic E-state index is 14.1. The average molecular weight is 557 g/mol. The SMILES string of the molecule is CN(C)c1cc(CNCC(C)(C)C)c(O)c2c1C[C@H]1C[C@H]3[C@H](N(C)C)C(O)=C(C(N)=O)C(=O)[C@@]3(O)C(O)=C1C2=O. The van der Waals surface area contributed by atoms with E-state index >= 15 is 0 Å². The van der Waals surface area contributed by atoms with Gasteiger partial charge >= 0.3 is 0 Å². The van der Waals surface area contributed by atoms with Crippen LogP contribution in [0.5, 0.6) is 5.75 Å². The number of carbonyl (C=O) groups is 3. The number of benzene rings is 1. The largest absolute Gasteiger partial charge is 0.510 e. The van der Waals surface area contributed by atoms with Gasteiger partial charge in [-0.1, -0.05) is 20.8 Å². The molecule has 11 nitrogen and oxygen atoms in total. The quantitative estimate of drug-likeness (QED) is 0.280. The van der Waals surface area contributed by atoms with Gasteiger partial charge in [-0.05, 0) is 49.9 Å². The smallest absolute Gasteiger partial charge is 0.255 e. The van der Waals surface area contributed by atoms with Gasteiger partial charge in [0.15, 0.2) is 11.4 Å². The number of aliphatic hydroxyl groups excluding tert-OH is 2. The first kappa shape index (κ1) is 29.6. The minimum absolute atomic E-state index is 0.00841. The number of rotatable bonds is 6. The van der Waals surface area contributed by atoms with Gasteiger partial charge in [-0.3, -0.25) is 19.3 Å². The summed E-state index contributed by atoms with van der Waals surface area (Å²) in [6, 6.07) is 0.814. The molecule has 0 bridgehead atoms. The van der Waals surface area contributed by atoms with Crippen molar-refractivity contribution in [2.24, 2.45) is 23.0 Å². The molecule has 0 aliphatic heterocycles. The van der Waals surface area contributed by atoms with Crippen molar-refractivity contribution in [3.8, 4) is 5.75 Å². The van der Waals surface area contributed by atoms with E-state index in [1.807, 2.05) is 25.1 Å². The molecule has 11 heteroatoms. The van der Waals surface area contributed by atoms with E-state index in [1.54, 1.807) is 14.1 Å². The number of primary amides is 1. The summed E-state index contributed by atoms with van der Waals surface area (Å²) in [7, 11) is 6.87. The minimum atomic E-state index is -2.66. The molecule has 1 amide bonds. The number of phenols is 1. The first-order chi connectivity index (χ1) is 18.4. The maximum atomic E-state index is 14.1. The number of nitrogens with two attached hydrogens (primary N) is 1. The second-order valence-electron chi connectivity index (χ2n) is 12.8. The van der Waals surface area contributed by atoms with Crippen LogP contribution in [-0.2, 0) is 22.6 Å². The van der Waals surface area contributed by atoms with E-state index in [9.17, 15) is 34.8 Å². The van der Waals surface area contributed by atoms with Crippen LogP contribution in [0.15, 0.2) is 28.7 Å². The van der Waals surface area contributed by atoms with Crippen molar-refractivity contribution in [3.05, 3.63) is 45.4 Å². The third-order valence-corrected chi connectivity index (χ3v) is 8.23. The normalized spacial score (nSPS) is 26.6. The summed E-state index contributed by atoms with van der Waals surface area (Å²) < 4.78 is 0. The molecule has 3 aliphatic carbocycles. The van der Waals surface area contributed by atoms with Crippen LogP contribution in [0.4, 0.5) is 5.69 Å². The molecule has 0 unspecified atom stereocenters. The van der Waals surface area contributed by atoms with E-state index in [1.165, 1.54) is 4.90 Å². The predicted molar refractivity (Wildman–Crippen MR) is 149 cm³/mol. The van der Waals surface area contributed by atoms with E-state index in [-0.39, 0.29) is 35.1 Å². The number of likely N-dealkylation sites (N-methyl/N-ethyl adjacent to an activating group) is 1. The lowest BCUT2D eigenvalue weighted by molar-refractivity contribution is -0.148. The monoisotopic (exact) mass is 556 g/mol. The van der Waals surface area contributed by atoms with Crippen molar-refractivity contribution in [1.82, 2.24) is 10.2 Å². The Morgan fingerprint density at radius 2 is 1.77 bits per heavy atom. The number of nitrogens with zero attached hydrogens (tertiary/aromatic N) is 2. The standard InChI is InChI=1S/C29H40N4O7/c1-28(2,3)12-31-11-14-10-17(32(4)5)15-8-13-9-16-21(33(6)7)24(36)20(27(30)39)26(38)29(16,40)25(37)18(13)23(35)19(15)22(14)34/h10,13,16,21,31,34,36-37,40H,8-9,11-12H2,1-7H3,(H2,30,39)/t13-,16-,21-,29-/m0/s1. The fraction of sp³-hybridized carbons (Fsp3) is 0.552. The summed E-state index contributed by atoms with van der Waals surface area (Å²) in [5, 5.41) is 48.8. The van der Waals surface area contributed by atoms with E-state index in [2.05, 4.69) is 26.1 Å². The molecule has 0 radical (unpaired) electrons. The summed E-state index contributed by atoms with van der Waals surface area (Å²) in [5.41, 5.74) is 3.58. The topological polar surface area (TPSA) is 177 Å². The van der Waals surface area contributed by atoms with Crippen LogP contribution in [0, 0.1) is 17.3 Å². The number of amides is 1. The zero-order valence-electron chi connectivity index (χ0n) is 24.1. The first-order valence-corrected chi connectivity index (χ1v) is 13.3. The molecule has 0 saturated heterocycles. The van der Waals surface area contributed by atoms with E-state index < -0.39 is 58.0 Å². The highest BCUT2D eigenvalue weighted by atomic mass is 16.3. The van der Waals surface area contributed by atoms with Crippen molar-refractivity contribution in [1.29, 1.82) is 0 Å². The van der Waals surface area contributed by atoms with Crippen LogP contribution in [0.1, 0.15) is 48.7 Å². The molecular weight excluding hydrogens is 516 g/mol. The zero-order chi connectivity index (χ0) is 30.1. The zero-order valence-corrected chi connectivity index (χ0v) is 24.1. The number of hydrogen-bond donors (Lipinski definition) is 6. The van der Waals surface area contributed by atoms with Gasteiger partial charge in [0.05, 0.1) is 11.6 Å². The summed E-state index contributed by atoms with van der Waals surface area (Å²) in [4.78, 5) is 43.0. The van der Waals surface area contributed by atoms with E-state index in [4.69, 9.17) is 5.73 Å². The second kappa shape index (κ2) is 9.90. The van der Waals surface area contributed by atoms with Gasteiger partial charge < -0.3 is 36.4 Å². The first-order valence-electron chi connectivity index (χ1n) is 13.3. The van der Waals surface area contributed by atoms with Gasteiger partial charge in [0.1, 0.15) is 22.8 Å². The molecule has 0 aromatic heterocycles. The van der Waals surface area contributed by atoms with Crippen LogP contribution in [-0.4, -0.2) is 89.2 Å². The summed E-state index contributed by atoms with van der Waals surface area (Å²) in [6.45, 7) is 7.17. The number of nitrogens with one attached hydrogen (secondary N) is 1. The molecule has 0 fully saturated rings. The summed E-state index contributed by atoms with van der Waals surface area (Å²) in [5.74, 6) is -6.54. The second-order valence-corrected chi connectivity index (χ2v) is 12.8. The Bertz CT molecular complexity index is 1350. The molecule has 1 aromatic rings. The number of hydrogen-bond acceptors (Lipinski definition) is 10. The number of phenolic OH excluding ortho intramolecular Hbond substituents is 1. The van der Waals surface area contributed by atoms with Crippen LogP contribution in [0.25, 0.3) is 0 Å². The number of ketones is 2. The predicted octanol–water partition coefficient (Wildman–Crippen LogP) is 1.32. The van der Waals surface area contributed by atoms with Crippen LogP contribution in [0.3, 0.4) is 0 Å².